The SMILES string of the molecule is COC(=O)c1oc(CN(C)C(C)c2cccc(NC(=O)c3ccccc3)c2)cc1C. The molecular weight excluding hydrogens is 380 g/mol. The van der Waals surface area contributed by atoms with Crippen LogP contribution in [-0.2, 0) is 11.3 Å². The summed E-state index contributed by atoms with van der Waals surface area (Å²) in [5, 5.41) is 2.94. The van der Waals surface area contributed by atoms with Gasteiger partial charge in [0.05, 0.1) is 13.7 Å². The summed E-state index contributed by atoms with van der Waals surface area (Å²) < 4.78 is 10.4. The van der Waals surface area contributed by atoms with Gasteiger partial charge < -0.3 is 14.5 Å². The van der Waals surface area contributed by atoms with E-state index in [-0.39, 0.29) is 17.7 Å². The van der Waals surface area contributed by atoms with Gasteiger partial charge in [-0.15, -0.1) is 0 Å². The highest BCUT2D eigenvalue weighted by Crippen LogP contribution is 2.25. The van der Waals surface area contributed by atoms with Gasteiger partial charge in [0.15, 0.2) is 0 Å². The number of nitrogens with one attached hydrogen (secondary N) is 1. The standard InChI is InChI=1S/C24H26N2O4/c1-16-13-21(30-22(16)24(28)29-4)15-26(3)17(2)19-11-8-12-20(14-19)25-23(27)18-9-6-5-7-10-18/h5-14,17H,15H2,1-4H3,(H,25,27). The molecule has 0 saturated heterocycles. The minimum Gasteiger partial charge on any atom is -0.463 e. The number of amides is 1. The van der Waals surface area contributed by atoms with E-state index in [2.05, 4.69) is 17.1 Å². The van der Waals surface area contributed by atoms with Gasteiger partial charge in [-0.2, -0.15) is 0 Å². The second kappa shape index (κ2) is 9.41. The summed E-state index contributed by atoms with van der Waals surface area (Å²) in [7, 11) is 3.32. The highest BCUT2D eigenvalue weighted by atomic mass is 16.5. The van der Waals surface area contributed by atoms with E-state index in [1.165, 1.54) is 7.11 Å². The summed E-state index contributed by atoms with van der Waals surface area (Å²) in [6.07, 6.45) is 0. The van der Waals surface area contributed by atoms with Crippen molar-refractivity contribution in [1.82, 2.24) is 4.90 Å². The molecule has 0 radical (unpaired) electrons. The molecule has 1 N–H and O–H groups in total. The Bertz CT molecular complexity index is 1030. The Kier molecular flexibility index (Phi) is 6.69. The molecule has 1 aromatic heterocycles. The number of benzene rings is 2. The lowest BCUT2D eigenvalue weighted by molar-refractivity contribution is 0.0559. The number of nitrogens with zero attached hydrogens (tertiary/aromatic N) is 1. The number of hydrogen-bond acceptors (Lipinski definition) is 5. The maximum atomic E-state index is 12.4. The largest absolute Gasteiger partial charge is 0.463 e. The maximum Gasteiger partial charge on any atom is 0.374 e. The van der Waals surface area contributed by atoms with Crippen LogP contribution in [0, 0.1) is 6.92 Å². The summed E-state index contributed by atoms with van der Waals surface area (Å²) >= 11 is 0. The molecule has 6 heteroatoms. The molecule has 3 rings (SSSR count). The molecule has 1 amide bonds. The Morgan fingerprint density at radius 1 is 1.10 bits per heavy atom. The average molecular weight is 406 g/mol. The molecule has 0 aliphatic carbocycles. The van der Waals surface area contributed by atoms with E-state index in [1.54, 1.807) is 12.1 Å². The van der Waals surface area contributed by atoms with E-state index in [1.807, 2.05) is 62.5 Å². The van der Waals surface area contributed by atoms with Crippen LogP contribution in [0.2, 0.25) is 0 Å². The van der Waals surface area contributed by atoms with E-state index >= 15 is 0 Å². The molecule has 0 aliphatic rings. The van der Waals surface area contributed by atoms with Crippen molar-refractivity contribution in [3.63, 3.8) is 0 Å². The van der Waals surface area contributed by atoms with E-state index in [0.29, 0.717) is 17.9 Å². The lowest BCUT2D eigenvalue weighted by Crippen LogP contribution is -2.22. The van der Waals surface area contributed by atoms with Crippen LogP contribution < -0.4 is 5.32 Å². The van der Waals surface area contributed by atoms with Crippen molar-refractivity contribution in [3.05, 3.63) is 88.9 Å². The highest BCUT2D eigenvalue weighted by Gasteiger charge is 2.19. The molecule has 0 spiro atoms. The normalized spacial score (nSPS) is 11.9. The van der Waals surface area contributed by atoms with E-state index < -0.39 is 5.97 Å². The number of ether oxygens (including phenoxy) is 1. The van der Waals surface area contributed by atoms with Crippen molar-refractivity contribution in [2.75, 3.05) is 19.5 Å². The third kappa shape index (κ3) is 4.96. The van der Waals surface area contributed by atoms with Gasteiger partial charge in [-0.05, 0) is 56.8 Å². The quantitative estimate of drug-likeness (QED) is 0.570. The molecule has 0 aliphatic heterocycles. The molecule has 3 aromatic rings. The number of furan rings is 1. The van der Waals surface area contributed by atoms with Gasteiger partial charge in [0.1, 0.15) is 5.76 Å². The van der Waals surface area contributed by atoms with Crippen LogP contribution >= 0.6 is 0 Å². The first-order valence-corrected chi connectivity index (χ1v) is 9.73. The topological polar surface area (TPSA) is 71.8 Å². The smallest absolute Gasteiger partial charge is 0.374 e. The minimum atomic E-state index is -0.476. The number of carbonyl (C=O) groups excluding carboxylic acids is 2. The zero-order valence-corrected chi connectivity index (χ0v) is 17.6. The third-order valence-corrected chi connectivity index (χ3v) is 5.07. The van der Waals surface area contributed by atoms with Gasteiger partial charge in [-0.1, -0.05) is 30.3 Å². The number of aryl methyl sites for hydroxylation is 1. The monoisotopic (exact) mass is 406 g/mol. The van der Waals surface area contributed by atoms with Crippen LogP contribution in [0.4, 0.5) is 5.69 Å². The number of methoxy groups -OCH3 is 1. The first-order valence-electron chi connectivity index (χ1n) is 9.73. The van der Waals surface area contributed by atoms with Crippen LogP contribution in [-0.4, -0.2) is 30.9 Å². The van der Waals surface area contributed by atoms with Gasteiger partial charge in [-0.25, -0.2) is 4.79 Å². The Hall–Kier alpha value is -3.38. The predicted molar refractivity (Wildman–Crippen MR) is 116 cm³/mol. The second-order valence-electron chi connectivity index (χ2n) is 7.25. The number of anilines is 1. The van der Waals surface area contributed by atoms with Gasteiger partial charge in [0.25, 0.3) is 5.91 Å². The van der Waals surface area contributed by atoms with Crippen LogP contribution in [0.15, 0.2) is 65.1 Å². The lowest BCUT2D eigenvalue weighted by Gasteiger charge is -2.24. The van der Waals surface area contributed by atoms with Crippen molar-refractivity contribution in [3.8, 4) is 0 Å². The number of carbonyl (C=O) groups is 2. The Morgan fingerprint density at radius 3 is 2.53 bits per heavy atom. The fourth-order valence-corrected chi connectivity index (χ4v) is 3.23. The number of hydrogen-bond donors (Lipinski definition) is 1. The van der Waals surface area contributed by atoms with Crippen molar-refractivity contribution in [2.24, 2.45) is 0 Å². The van der Waals surface area contributed by atoms with Gasteiger partial charge in [-0.3, -0.25) is 9.69 Å². The van der Waals surface area contributed by atoms with Gasteiger partial charge in [0.2, 0.25) is 5.76 Å². The lowest BCUT2D eigenvalue weighted by atomic mass is 10.1. The fraction of sp³-hybridized carbons (Fsp3) is 0.250. The zero-order chi connectivity index (χ0) is 21.7. The molecule has 6 nitrogen and oxygen atoms in total. The fourth-order valence-electron chi connectivity index (χ4n) is 3.23. The van der Waals surface area contributed by atoms with Crippen molar-refractivity contribution in [1.29, 1.82) is 0 Å². The van der Waals surface area contributed by atoms with Crippen molar-refractivity contribution < 1.29 is 18.7 Å². The van der Waals surface area contributed by atoms with Gasteiger partial charge in [0, 0.05) is 22.9 Å². The summed E-state index contributed by atoms with van der Waals surface area (Å²) in [5.41, 5.74) is 3.16. The van der Waals surface area contributed by atoms with Crippen LogP contribution in [0.5, 0.6) is 0 Å². The summed E-state index contributed by atoms with van der Waals surface area (Å²) in [4.78, 5) is 26.3. The third-order valence-electron chi connectivity index (χ3n) is 5.07. The summed E-state index contributed by atoms with van der Waals surface area (Å²) in [5.74, 6) is 0.307. The van der Waals surface area contributed by atoms with Crippen molar-refractivity contribution in [2.45, 2.75) is 26.4 Å². The Morgan fingerprint density at radius 2 is 1.83 bits per heavy atom. The van der Waals surface area contributed by atoms with Crippen LogP contribution in [0.25, 0.3) is 0 Å². The minimum absolute atomic E-state index is 0.0607. The molecule has 0 bridgehead atoms. The van der Waals surface area contributed by atoms with Crippen molar-refractivity contribution >= 4 is 17.6 Å². The number of esters is 1. The summed E-state index contributed by atoms with van der Waals surface area (Å²) in [6.45, 7) is 4.43. The van der Waals surface area contributed by atoms with E-state index in [0.717, 1.165) is 16.8 Å². The zero-order valence-electron chi connectivity index (χ0n) is 17.6. The molecule has 2 aromatic carbocycles. The molecule has 1 heterocycles. The van der Waals surface area contributed by atoms with Crippen LogP contribution in [0.3, 0.4) is 0 Å². The molecular formula is C24H26N2O4. The molecule has 1 atom stereocenters. The second-order valence-corrected chi connectivity index (χ2v) is 7.25. The average Bonchev–Trinajstić information content (AvgIpc) is 3.13. The molecule has 0 fully saturated rings. The Labute approximate surface area is 176 Å². The number of rotatable bonds is 7. The van der Waals surface area contributed by atoms with Crippen LogP contribution in [0.1, 0.15) is 50.8 Å². The van der Waals surface area contributed by atoms with Gasteiger partial charge >= 0.3 is 5.97 Å². The molecule has 1 unspecified atom stereocenters. The molecule has 0 saturated carbocycles. The molecule has 30 heavy (non-hydrogen) atoms. The predicted octanol–water partition coefficient (Wildman–Crippen LogP) is 4.82. The van der Waals surface area contributed by atoms with E-state index in [4.69, 9.17) is 9.15 Å². The first-order chi connectivity index (χ1) is 14.4. The molecule has 156 valence electrons. The van der Waals surface area contributed by atoms with E-state index in [9.17, 15) is 9.59 Å². The first kappa shape index (κ1) is 21.3. The Balaban J connectivity index is 1.69. The summed E-state index contributed by atoms with van der Waals surface area (Å²) in [6, 6.07) is 18.8. The maximum absolute atomic E-state index is 12.4. The highest BCUT2D eigenvalue weighted by molar-refractivity contribution is 6.04.